The van der Waals surface area contributed by atoms with Crippen molar-refractivity contribution >= 4 is 23.1 Å². The molecule has 94 valence electrons. The van der Waals surface area contributed by atoms with Gasteiger partial charge in [-0.2, -0.15) is 0 Å². The van der Waals surface area contributed by atoms with Gasteiger partial charge in [-0.05, 0) is 36.4 Å². The molecule has 0 saturated carbocycles. The second kappa shape index (κ2) is 4.81. The molecular weight excluding hydrogens is 242 g/mol. The molecule has 0 saturated heterocycles. The number of anilines is 1. The number of carbonyl (C=O) groups excluding carboxylic acids is 1. The summed E-state index contributed by atoms with van der Waals surface area (Å²) in [4.78, 5) is 17.5. The van der Waals surface area contributed by atoms with Crippen LogP contribution in [0.3, 0.4) is 0 Å². The van der Waals surface area contributed by atoms with E-state index >= 15 is 0 Å². The number of benzene rings is 2. The van der Waals surface area contributed by atoms with Crippen molar-refractivity contribution < 1.29 is 9.53 Å². The fraction of sp³-hybridized carbons (Fsp3) is 0. The van der Waals surface area contributed by atoms with Crippen molar-refractivity contribution in [1.29, 1.82) is 0 Å². The number of aromatic amines is 1. The van der Waals surface area contributed by atoms with E-state index in [1.807, 2.05) is 18.2 Å². The van der Waals surface area contributed by atoms with Crippen LogP contribution in [0.15, 0.2) is 48.8 Å². The minimum absolute atomic E-state index is 0.641. The highest BCUT2D eigenvalue weighted by atomic mass is 16.5. The van der Waals surface area contributed by atoms with Gasteiger partial charge in [-0.1, -0.05) is 0 Å². The maximum absolute atomic E-state index is 10.3. The SMILES string of the molecule is O=CNc1ccc(Oc2ccc3nc[nH]c3c2)cc1. The molecular formula is C14H11N3O2. The minimum atomic E-state index is 0.641. The van der Waals surface area contributed by atoms with Crippen LogP contribution < -0.4 is 10.1 Å². The van der Waals surface area contributed by atoms with Gasteiger partial charge < -0.3 is 15.0 Å². The van der Waals surface area contributed by atoms with Gasteiger partial charge in [0.25, 0.3) is 0 Å². The van der Waals surface area contributed by atoms with Crippen LogP contribution in [0.5, 0.6) is 11.5 Å². The number of carbonyl (C=O) groups is 1. The molecule has 19 heavy (non-hydrogen) atoms. The Bertz CT molecular complexity index is 704. The molecule has 1 heterocycles. The third-order valence-electron chi connectivity index (χ3n) is 2.71. The van der Waals surface area contributed by atoms with E-state index in [2.05, 4.69) is 15.3 Å². The number of fused-ring (bicyclic) bond motifs is 1. The van der Waals surface area contributed by atoms with Gasteiger partial charge in [-0.15, -0.1) is 0 Å². The Labute approximate surface area is 109 Å². The second-order valence-corrected chi connectivity index (χ2v) is 3.97. The Kier molecular flexibility index (Phi) is 2.86. The molecule has 1 amide bonds. The highest BCUT2D eigenvalue weighted by molar-refractivity contribution is 5.76. The average Bonchev–Trinajstić information content (AvgIpc) is 2.89. The maximum atomic E-state index is 10.3. The zero-order valence-corrected chi connectivity index (χ0v) is 9.96. The largest absolute Gasteiger partial charge is 0.457 e. The molecule has 3 aromatic rings. The highest BCUT2D eigenvalue weighted by Crippen LogP contribution is 2.25. The fourth-order valence-corrected chi connectivity index (χ4v) is 1.80. The zero-order chi connectivity index (χ0) is 13.1. The summed E-state index contributed by atoms with van der Waals surface area (Å²) in [5, 5.41) is 2.57. The summed E-state index contributed by atoms with van der Waals surface area (Å²) in [7, 11) is 0. The number of ether oxygens (including phenoxy) is 1. The van der Waals surface area contributed by atoms with E-state index in [0.717, 1.165) is 22.5 Å². The van der Waals surface area contributed by atoms with E-state index < -0.39 is 0 Å². The number of nitrogens with zero attached hydrogens (tertiary/aromatic N) is 1. The van der Waals surface area contributed by atoms with Crippen LogP contribution in [0, 0.1) is 0 Å². The minimum Gasteiger partial charge on any atom is -0.457 e. The van der Waals surface area contributed by atoms with Crippen LogP contribution >= 0.6 is 0 Å². The monoisotopic (exact) mass is 253 g/mol. The number of nitrogens with one attached hydrogen (secondary N) is 2. The number of imidazole rings is 1. The van der Waals surface area contributed by atoms with Crippen LogP contribution in [-0.2, 0) is 4.79 Å². The molecule has 0 spiro atoms. The third kappa shape index (κ3) is 2.40. The Morgan fingerprint density at radius 1 is 1.11 bits per heavy atom. The number of H-pyrrole nitrogens is 1. The number of hydrogen-bond donors (Lipinski definition) is 2. The van der Waals surface area contributed by atoms with Crippen molar-refractivity contribution in [3.8, 4) is 11.5 Å². The van der Waals surface area contributed by atoms with Crippen LogP contribution in [0.25, 0.3) is 11.0 Å². The van der Waals surface area contributed by atoms with Gasteiger partial charge in [0.2, 0.25) is 6.41 Å². The normalized spacial score (nSPS) is 10.3. The Hall–Kier alpha value is -2.82. The summed E-state index contributed by atoms with van der Waals surface area (Å²) in [6, 6.07) is 12.8. The molecule has 0 bridgehead atoms. The van der Waals surface area contributed by atoms with E-state index in [4.69, 9.17) is 4.74 Å². The molecule has 0 unspecified atom stereocenters. The number of aromatic nitrogens is 2. The highest BCUT2D eigenvalue weighted by Gasteiger charge is 2.01. The summed E-state index contributed by atoms with van der Waals surface area (Å²) >= 11 is 0. The molecule has 0 fully saturated rings. The van der Waals surface area contributed by atoms with E-state index in [1.165, 1.54) is 0 Å². The van der Waals surface area contributed by atoms with Crippen LogP contribution in [0.4, 0.5) is 5.69 Å². The molecule has 5 heteroatoms. The molecule has 1 aromatic heterocycles. The molecule has 0 atom stereocenters. The van der Waals surface area contributed by atoms with E-state index in [0.29, 0.717) is 12.2 Å². The van der Waals surface area contributed by atoms with Crippen molar-refractivity contribution in [2.45, 2.75) is 0 Å². The number of amides is 1. The molecule has 0 aliphatic rings. The topological polar surface area (TPSA) is 67.0 Å². The zero-order valence-electron chi connectivity index (χ0n) is 9.96. The van der Waals surface area contributed by atoms with Crippen molar-refractivity contribution in [3.63, 3.8) is 0 Å². The molecule has 3 rings (SSSR count). The first-order chi connectivity index (χ1) is 9.35. The van der Waals surface area contributed by atoms with Gasteiger partial charge >= 0.3 is 0 Å². The Morgan fingerprint density at radius 2 is 1.89 bits per heavy atom. The molecule has 2 N–H and O–H groups in total. The lowest BCUT2D eigenvalue weighted by Gasteiger charge is -2.06. The maximum Gasteiger partial charge on any atom is 0.211 e. The summed E-state index contributed by atoms with van der Waals surface area (Å²) in [6.07, 6.45) is 2.29. The second-order valence-electron chi connectivity index (χ2n) is 3.97. The lowest BCUT2D eigenvalue weighted by molar-refractivity contribution is -0.105. The van der Waals surface area contributed by atoms with Gasteiger partial charge in [0, 0.05) is 11.8 Å². The summed E-state index contributed by atoms with van der Waals surface area (Å²) < 4.78 is 5.73. The van der Waals surface area contributed by atoms with Gasteiger partial charge in [0.05, 0.1) is 17.4 Å². The summed E-state index contributed by atoms with van der Waals surface area (Å²) in [5.74, 6) is 1.43. The van der Waals surface area contributed by atoms with Crippen LogP contribution in [-0.4, -0.2) is 16.4 Å². The van der Waals surface area contributed by atoms with Crippen molar-refractivity contribution in [2.75, 3.05) is 5.32 Å². The van der Waals surface area contributed by atoms with E-state index in [1.54, 1.807) is 30.6 Å². The van der Waals surface area contributed by atoms with Crippen LogP contribution in [0.2, 0.25) is 0 Å². The molecule has 0 radical (unpaired) electrons. The first-order valence-corrected chi connectivity index (χ1v) is 5.76. The lowest BCUT2D eigenvalue weighted by Crippen LogP contribution is -1.93. The van der Waals surface area contributed by atoms with E-state index in [9.17, 15) is 4.79 Å². The summed E-state index contributed by atoms with van der Waals surface area (Å²) in [6.45, 7) is 0. The standard InChI is InChI=1S/C14H11N3O2/c18-9-17-10-1-3-11(4-2-10)19-12-5-6-13-14(7-12)16-8-15-13/h1-9H,(H,15,16)(H,17,18). The Balaban J connectivity index is 1.81. The molecule has 0 aliphatic carbocycles. The average molecular weight is 253 g/mol. The molecule has 0 aliphatic heterocycles. The van der Waals surface area contributed by atoms with Gasteiger partial charge in [-0.3, -0.25) is 4.79 Å². The predicted molar refractivity (Wildman–Crippen MR) is 72.3 cm³/mol. The van der Waals surface area contributed by atoms with Crippen molar-refractivity contribution in [1.82, 2.24) is 9.97 Å². The first kappa shape index (κ1) is 11.3. The third-order valence-corrected chi connectivity index (χ3v) is 2.71. The smallest absolute Gasteiger partial charge is 0.211 e. The van der Waals surface area contributed by atoms with Crippen molar-refractivity contribution in [2.24, 2.45) is 0 Å². The van der Waals surface area contributed by atoms with Crippen molar-refractivity contribution in [3.05, 3.63) is 48.8 Å². The Morgan fingerprint density at radius 3 is 2.68 bits per heavy atom. The quantitative estimate of drug-likeness (QED) is 0.702. The van der Waals surface area contributed by atoms with Crippen LogP contribution in [0.1, 0.15) is 0 Å². The predicted octanol–water partition coefficient (Wildman–Crippen LogP) is 2.92. The van der Waals surface area contributed by atoms with Gasteiger partial charge in [-0.25, -0.2) is 4.98 Å². The van der Waals surface area contributed by atoms with E-state index in [-0.39, 0.29) is 0 Å². The summed E-state index contributed by atoms with van der Waals surface area (Å²) in [5.41, 5.74) is 2.56. The van der Waals surface area contributed by atoms with Gasteiger partial charge in [0.1, 0.15) is 11.5 Å². The molecule has 2 aromatic carbocycles. The number of hydrogen-bond acceptors (Lipinski definition) is 3. The first-order valence-electron chi connectivity index (χ1n) is 5.76. The lowest BCUT2D eigenvalue weighted by atomic mass is 10.3. The molecule has 5 nitrogen and oxygen atoms in total. The van der Waals surface area contributed by atoms with Gasteiger partial charge in [0.15, 0.2) is 0 Å². The fourth-order valence-electron chi connectivity index (χ4n) is 1.80. The number of rotatable bonds is 4.